The number of rotatable bonds is 5. The Morgan fingerprint density at radius 2 is 1.88 bits per heavy atom. The normalized spacial score (nSPS) is 18.5. The Balaban J connectivity index is 1.63. The van der Waals surface area contributed by atoms with Crippen LogP contribution in [-0.2, 0) is 6.54 Å². The molecule has 2 aromatic rings. The number of thioether (sulfide) groups is 1. The standard InChI is InChI=1S/C20H23NO2S/c1-24-19-10-6-16(7-11-19)20(23)17-3-2-12-21(14-17)13-15-4-8-18(22)9-5-15/h4-11,17,22H,2-3,12-14H2,1H3/t17-/m1/s1. The van der Waals surface area contributed by atoms with Crippen LogP contribution in [0.3, 0.4) is 0 Å². The smallest absolute Gasteiger partial charge is 0.167 e. The first-order valence-electron chi connectivity index (χ1n) is 8.34. The summed E-state index contributed by atoms with van der Waals surface area (Å²) in [6.07, 6.45) is 4.06. The lowest BCUT2D eigenvalue weighted by Crippen LogP contribution is -2.38. The van der Waals surface area contributed by atoms with E-state index in [2.05, 4.69) is 4.90 Å². The largest absolute Gasteiger partial charge is 0.508 e. The average molecular weight is 341 g/mol. The molecule has 0 aliphatic carbocycles. The molecule has 3 rings (SSSR count). The van der Waals surface area contributed by atoms with Gasteiger partial charge < -0.3 is 5.11 Å². The number of piperidine rings is 1. The summed E-state index contributed by atoms with van der Waals surface area (Å²) in [5, 5.41) is 9.38. The van der Waals surface area contributed by atoms with Crippen molar-refractivity contribution in [2.75, 3.05) is 19.3 Å². The van der Waals surface area contributed by atoms with E-state index in [0.29, 0.717) is 5.75 Å². The van der Waals surface area contributed by atoms with Gasteiger partial charge in [0.15, 0.2) is 5.78 Å². The van der Waals surface area contributed by atoms with E-state index < -0.39 is 0 Å². The third-order valence-corrected chi connectivity index (χ3v) is 5.34. The molecule has 1 saturated heterocycles. The number of phenols is 1. The van der Waals surface area contributed by atoms with Gasteiger partial charge in [0.05, 0.1) is 0 Å². The summed E-state index contributed by atoms with van der Waals surface area (Å²) in [7, 11) is 0. The lowest BCUT2D eigenvalue weighted by molar-refractivity contribution is 0.0811. The highest BCUT2D eigenvalue weighted by Gasteiger charge is 2.26. The molecule has 0 spiro atoms. The van der Waals surface area contributed by atoms with Gasteiger partial charge in [-0.15, -0.1) is 11.8 Å². The molecule has 1 aliphatic rings. The van der Waals surface area contributed by atoms with Gasteiger partial charge in [-0.25, -0.2) is 0 Å². The van der Waals surface area contributed by atoms with Crippen LogP contribution in [0.25, 0.3) is 0 Å². The SMILES string of the molecule is CSc1ccc(C(=O)[C@@H]2CCCN(Cc3ccc(O)cc3)C2)cc1. The van der Waals surface area contributed by atoms with Gasteiger partial charge in [0, 0.05) is 29.5 Å². The van der Waals surface area contributed by atoms with Crippen LogP contribution in [0.1, 0.15) is 28.8 Å². The fourth-order valence-electron chi connectivity index (χ4n) is 3.26. The summed E-state index contributed by atoms with van der Waals surface area (Å²) in [5.41, 5.74) is 1.99. The van der Waals surface area contributed by atoms with Crippen molar-refractivity contribution in [1.29, 1.82) is 0 Å². The Kier molecular flexibility index (Phi) is 5.59. The van der Waals surface area contributed by atoms with Gasteiger partial charge in [0.2, 0.25) is 0 Å². The predicted molar refractivity (Wildman–Crippen MR) is 98.7 cm³/mol. The highest BCUT2D eigenvalue weighted by atomic mass is 32.2. The summed E-state index contributed by atoms with van der Waals surface area (Å²) >= 11 is 1.69. The number of aromatic hydroxyl groups is 1. The van der Waals surface area contributed by atoms with E-state index in [1.807, 2.05) is 42.7 Å². The number of phenolic OH excluding ortho intramolecular Hbond substituents is 1. The van der Waals surface area contributed by atoms with Crippen LogP contribution in [0.4, 0.5) is 0 Å². The Morgan fingerprint density at radius 1 is 1.17 bits per heavy atom. The molecule has 0 radical (unpaired) electrons. The van der Waals surface area contributed by atoms with Crippen LogP contribution in [0, 0.1) is 5.92 Å². The monoisotopic (exact) mass is 341 g/mol. The van der Waals surface area contributed by atoms with E-state index in [1.54, 1.807) is 23.9 Å². The van der Waals surface area contributed by atoms with Crippen LogP contribution in [0.15, 0.2) is 53.4 Å². The van der Waals surface area contributed by atoms with Gasteiger partial charge in [-0.2, -0.15) is 0 Å². The van der Waals surface area contributed by atoms with E-state index >= 15 is 0 Å². The molecule has 0 unspecified atom stereocenters. The second-order valence-corrected chi connectivity index (χ2v) is 7.21. The van der Waals surface area contributed by atoms with Crippen molar-refractivity contribution in [2.45, 2.75) is 24.3 Å². The van der Waals surface area contributed by atoms with Gasteiger partial charge in [0.25, 0.3) is 0 Å². The molecule has 2 aromatic carbocycles. The number of Topliss-reactive ketones (excluding diaryl/α,β-unsaturated/α-hetero) is 1. The lowest BCUT2D eigenvalue weighted by Gasteiger charge is -2.32. The van der Waals surface area contributed by atoms with E-state index in [-0.39, 0.29) is 11.7 Å². The number of benzene rings is 2. The number of ketones is 1. The molecule has 1 fully saturated rings. The Hall–Kier alpha value is -1.78. The lowest BCUT2D eigenvalue weighted by atomic mass is 9.90. The van der Waals surface area contributed by atoms with Gasteiger partial charge >= 0.3 is 0 Å². The molecule has 0 aromatic heterocycles. The molecule has 0 saturated carbocycles. The number of hydrogen-bond donors (Lipinski definition) is 1. The molecule has 126 valence electrons. The highest BCUT2D eigenvalue weighted by Crippen LogP contribution is 2.24. The fourth-order valence-corrected chi connectivity index (χ4v) is 3.67. The number of hydrogen-bond acceptors (Lipinski definition) is 4. The van der Waals surface area contributed by atoms with Gasteiger partial charge in [-0.1, -0.05) is 24.3 Å². The quantitative estimate of drug-likeness (QED) is 0.653. The first kappa shape index (κ1) is 17.1. The predicted octanol–water partition coefficient (Wildman–Crippen LogP) is 4.21. The summed E-state index contributed by atoms with van der Waals surface area (Å²) < 4.78 is 0. The minimum Gasteiger partial charge on any atom is -0.508 e. The summed E-state index contributed by atoms with van der Waals surface area (Å²) in [5.74, 6) is 0.633. The maximum Gasteiger partial charge on any atom is 0.167 e. The summed E-state index contributed by atoms with van der Waals surface area (Å²) in [6, 6.07) is 15.3. The van der Waals surface area contributed by atoms with Crippen molar-refractivity contribution in [3.8, 4) is 5.75 Å². The van der Waals surface area contributed by atoms with Gasteiger partial charge in [0.1, 0.15) is 5.75 Å². The van der Waals surface area contributed by atoms with Crippen LogP contribution >= 0.6 is 11.8 Å². The first-order chi connectivity index (χ1) is 11.7. The molecule has 3 nitrogen and oxygen atoms in total. The van der Waals surface area contributed by atoms with E-state index in [9.17, 15) is 9.90 Å². The van der Waals surface area contributed by atoms with E-state index in [1.165, 1.54) is 10.5 Å². The second-order valence-electron chi connectivity index (χ2n) is 6.33. The van der Waals surface area contributed by atoms with Crippen molar-refractivity contribution in [1.82, 2.24) is 4.90 Å². The van der Waals surface area contributed by atoms with Gasteiger partial charge in [-0.05, 0) is 55.5 Å². The molecule has 0 amide bonds. The van der Waals surface area contributed by atoms with E-state index in [4.69, 9.17) is 0 Å². The Morgan fingerprint density at radius 3 is 2.54 bits per heavy atom. The minimum absolute atomic E-state index is 0.0796. The first-order valence-corrected chi connectivity index (χ1v) is 9.56. The maximum absolute atomic E-state index is 12.8. The molecular formula is C20H23NO2S. The minimum atomic E-state index is 0.0796. The van der Waals surface area contributed by atoms with Crippen LogP contribution in [0.5, 0.6) is 5.75 Å². The van der Waals surface area contributed by atoms with Crippen LogP contribution in [0.2, 0.25) is 0 Å². The third-order valence-electron chi connectivity index (χ3n) is 4.59. The Labute approximate surface area is 147 Å². The molecule has 1 atom stereocenters. The number of likely N-dealkylation sites (tertiary alicyclic amines) is 1. The molecule has 24 heavy (non-hydrogen) atoms. The molecule has 1 heterocycles. The van der Waals surface area contributed by atoms with Crippen molar-refractivity contribution in [3.05, 3.63) is 59.7 Å². The van der Waals surface area contributed by atoms with E-state index in [0.717, 1.165) is 38.0 Å². The van der Waals surface area contributed by atoms with Crippen LogP contribution < -0.4 is 0 Å². The highest BCUT2D eigenvalue weighted by molar-refractivity contribution is 7.98. The molecule has 1 N–H and O–H groups in total. The number of carbonyl (C=O) groups is 1. The van der Waals surface area contributed by atoms with Crippen molar-refractivity contribution < 1.29 is 9.90 Å². The molecular weight excluding hydrogens is 318 g/mol. The zero-order valence-electron chi connectivity index (χ0n) is 13.9. The molecule has 4 heteroatoms. The summed E-state index contributed by atoms with van der Waals surface area (Å²) in [6.45, 7) is 2.66. The zero-order chi connectivity index (χ0) is 16.9. The fraction of sp³-hybridized carbons (Fsp3) is 0.350. The van der Waals surface area contributed by atoms with Crippen LogP contribution in [-0.4, -0.2) is 35.1 Å². The third kappa shape index (κ3) is 4.19. The van der Waals surface area contributed by atoms with Crippen molar-refractivity contribution >= 4 is 17.5 Å². The topological polar surface area (TPSA) is 40.5 Å². The maximum atomic E-state index is 12.8. The number of nitrogens with zero attached hydrogens (tertiary/aromatic N) is 1. The second kappa shape index (κ2) is 7.86. The average Bonchev–Trinajstić information content (AvgIpc) is 2.63. The number of carbonyl (C=O) groups excluding carboxylic acids is 1. The molecule has 1 aliphatic heterocycles. The Bertz CT molecular complexity index is 682. The summed E-state index contributed by atoms with van der Waals surface area (Å²) in [4.78, 5) is 16.3. The molecule has 0 bridgehead atoms. The zero-order valence-corrected chi connectivity index (χ0v) is 14.8. The van der Waals surface area contributed by atoms with Crippen molar-refractivity contribution in [3.63, 3.8) is 0 Å². The van der Waals surface area contributed by atoms with Crippen molar-refractivity contribution in [2.24, 2.45) is 5.92 Å². The van der Waals surface area contributed by atoms with Gasteiger partial charge in [-0.3, -0.25) is 9.69 Å².